The number of benzene rings is 1. The zero-order valence-corrected chi connectivity index (χ0v) is 13.5. The van der Waals surface area contributed by atoms with Gasteiger partial charge in [0.2, 0.25) is 0 Å². The largest absolute Gasteiger partial charge is 0.493 e. The smallest absolute Gasteiger partial charge is 0.336 e. The van der Waals surface area contributed by atoms with Gasteiger partial charge in [-0.2, -0.15) is 0 Å². The van der Waals surface area contributed by atoms with Crippen molar-refractivity contribution in [1.82, 2.24) is 0 Å². The van der Waals surface area contributed by atoms with Crippen molar-refractivity contribution in [3.8, 4) is 5.75 Å². The van der Waals surface area contributed by atoms with Crippen molar-refractivity contribution in [2.24, 2.45) is 0 Å². The first kappa shape index (κ1) is 17.5. The Morgan fingerprint density at radius 2 is 1.96 bits per heavy atom. The van der Waals surface area contributed by atoms with E-state index in [9.17, 15) is 14.4 Å². The zero-order valence-electron chi connectivity index (χ0n) is 13.5. The van der Waals surface area contributed by atoms with Gasteiger partial charge >= 0.3 is 17.6 Å². The summed E-state index contributed by atoms with van der Waals surface area (Å²) >= 11 is 0. The molecule has 7 nitrogen and oxygen atoms in total. The molecule has 0 spiro atoms. The van der Waals surface area contributed by atoms with E-state index in [1.807, 2.05) is 0 Å². The average Bonchev–Trinajstić information content (AvgIpc) is 2.53. The van der Waals surface area contributed by atoms with Crippen LogP contribution >= 0.6 is 0 Å². The van der Waals surface area contributed by atoms with Crippen LogP contribution in [0.3, 0.4) is 0 Å². The van der Waals surface area contributed by atoms with Crippen LogP contribution in [0.2, 0.25) is 0 Å². The van der Waals surface area contributed by atoms with E-state index >= 15 is 0 Å². The molecule has 0 amide bonds. The molecule has 0 saturated carbocycles. The minimum atomic E-state index is -0.548. The number of fused-ring (bicyclic) bond motifs is 1. The Morgan fingerprint density at radius 1 is 1.17 bits per heavy atom. The number of carbonyl (C=O) groups is 2. The maximum Gasteiger partial charge on any atom is 0.336 e. The van der Waals surface area contributed by atoms with E-state index in [1.165, 1.54) is 20.1 Å². The highest BCUT2D eigenvalue weighted by molar-refractivity contribution is 5.85. The van der Waals surface area contributed by atoms with Gasteiger partial charge in [-0.05, 0) is 17.7 Å². The van der Waals surface area contributed by atoms with E-state index in [0.717, 1.165) is 0 Å². The van der Waals surface area contributed by atoms with Gasteiger partial charge in [0.1, 0.15) is 11.3 Å². The molecule has 1 heterocycles. The molecule has 1 aromatic carbocycles. The molecule has 0 aliphatic carbocycles. The summed E-state index contributed by atoms with van der Waals surface area (Å²) in [5.74, 6) is -0.253. The first-order chi connectivity index (χ1) is 11.5. The fraction of sp³-hybridized carbons (Fsp3) is 0.353. The first-order valence-electron chi connectivity index (χ1n) is 7.39. The molecule has 2 aromatic rings. The summed E-state index contributed by atoms with van der Waals surface area (Å²) in [7, 11) is 1.29. The van der Waals surface area contributed by atoms with Crippen LogP contribution in [-0.4, -0.2) is 32.3 Å². The summed E-state index contributed by atoms with van der Waals surface area (Å²) in [6, 6.07) is 6.30. The van der Waals surface area contributed by atoms with Crippen molar-refractivity contribution in [2.75, 3.05) is 20.3 Å². The Balaban J connectivity index is 2.11. The summed E-state index contributed by atoms with van der Waals surface area (Å²) in [4.78, 5) is 33.7. The first-order valence-corrected chi connectivity index (χ1v) is 7.39. The third kappa shape index (κ3) is 4.84. The van der Waals surface area contributed by atoms with Crippen molar-refractivity contribution in [1.29, 1.82) is 0 Å². The zero-order chi connectivity index (χ0) is 17.5. The van der Waals surface area contributed by atoms with Crippen LogP contribution < -0.4 is 10.4 Å². The third-order valence-corrected chi connectivity index (χ3v) is 3.23. The Morgan fingerprint density at radius 3 is 2.67 bits per heavy atom. The van der Waals surface area contributed by atoms with Crippen molar-refractivity contribution < 1.29 is 28.2 Å². The minimum Gasteiger partial charge on any atom is -0.493 e. The van der Waals surface area contributed by atoms with Gasteiger partial charge in [-0.3, -0.25) is 9.59 Å². The highest BCUT2D eigenvalue weighted by atomic mass is 16.5. The number of carbonyl (C=O) groups excluding carboxylic acids is 2. The lowest BCUT2D eigenvalue weighted by Crippen LogP contribution is -2.09. The van der Waals surface area contributed by atoms with Crippen molar-refractivity contribution in [3.05, 3.63) is 40.2 Å². The van der Waals surface area contributed by atoms with Crippen LogP contribution in [0.15, 0.2) is 33.5 Å². The monoisotopic (exact) mass is 334 g/mol. The second-order valence-electron chi connectivity index (χ2n) is 5.04. The van der Waals surface area contributed by atoms with E-state index in [0.29, 0.717) is 35.3 Å². The molecule has 0 saturated heterocycles. The predicted molar refractivity (Wildman–Crippen MR) is 84.9 cm³/mol. The Kier molecular flexibility index (Phi) is 5.95. The van der Waals surface area contributed by atoms with Gasteiger partial charge in [-0.1, -0.05) is 0 Å². The lowest BCUT2D eigenvalue weighted by Gasteiger charge is -2.08. The predicted octanol–water partition coefficient (Wildman–Crippen LogP) is 1.84. The van der Waals surface area contributed by atoms with Crippen LogP contribution in [0.4, 0.5) is 0 Å². The summed E-state index contributed by atoms with van der Waals surface area (Å²) in [5.41, 5.74) is 0.321. The molecule has 0 aliphatic rings. The number of rotatable bonds is 7. The quantitative estimate of drug-likeness (QED) is 0.433. The molecule has 0 unspecified atom stereocenters. The van der Waals surface area contributed by atoms with Gasteiger partial charge in [0.05, 0.1) is 26.7 Å². The number of ether oxygens (including phenoxy) is 3. The third-order valence-electron chi connectivity index (χ3n) is 3.23. The molecule has 0 fully saturated rings. The summed E-state index contributed by atoms with van der Waals surface area (Å²) in [5, 5.41) is 0.646. The van der Waals surface area contributed by atoms with Gasteiger partial charge in [-0.25, -0.2) is 4.79 Å². The van der Waals surface area contributed by atoms with Gasteiger partial charge in [0.25, 0.3) is 0 Å². The SMILES string of the molecule is COC(=O)Cc1cc(=O)oc2cc(OCCCOC(C)=O)ccc12. The van der Waals surface area contributed by atoms with Crippen molar-refractivity contribution in [3.63, 3.8) is 0 Å². The molecule has 2 rings (SSSR count). The summed E-state index contributed by atoms with van der Waals surface area (Å²) in [6.45, 7) is 1.98. The fourth-order valence-electron chi connectivity index (χ4n) is 2.14. The molecular weight excluding hydrogens is 316 g/mol. The molecule has 1 aromatic heterocycles. The highest BCUT2D eigenvalue weighted by Gasteiger charge is 2.11. The Bertz CT molecular complexity index is 791. The lowest BCUT2D eigenvalue weighted by molar-refractivity contribution is -0.141. The van der Waals surface area contributed by atoms with Crippen molar-refractivity contribution >= 4 is 22.9 Å². The molecule has 128 valence electrons. The number of hydrogen-bond donors (Lipinski definition) is 0. The fourth-order valence-corrected chi connectivity index (χ4v) is 2.14. The number of hydrogen-bond acceptors (Lipinski definition) is 7. The molecule has 24 heavy (non-hydrogen) atoms. The lowest BCUT2D eigenvalue weighted by atomic mass is 10.1. The maximum absolute atomic E-state index is 11.6. The van der Waals surface area contributed by atoms with E-state index in [-0.39, 0.29) is 19.0 Å². The summed E-state index contributed by atoms with van der Waals surface area (Å²) < 4.78 is 20.1. The Hall–Kier alpha value is -2.83. The van der Waals surface area contributed by atoms with Gasteiger partial charge in [0.15, 0.2) is 0 Å². The van der Waals surface area contributed by atoms with Gasteiger partial charge in [0, 0.05) is 30.9 Å². The molecule has 7 heteroatoms. The minimum absolute atomic E-state index is 0.0127. The second-order valence-corrected chi connectivity index (χ2v) is 5.04. The number of methoxy groups -OCH3 is 1. The molecular formula is C17H18O7. The van der Waals surface area contributed by atoms with Crippen LogP contribution in [0.25, 0.3) is 11.0 Å². The summed E-state index contributed by atoms with van der Waals surface area (Å²) in [6.07, 6.45) is 0.533. The standard InChI is InChI=1S/C17H18O7/c1-11(18)22-6-3-7-23-13-4-5-14-12(8-16(19)21-2)9-17(20)24-15(14)10-13/h4-5,9-10H,3,6-8H2,1-2H3. The molecule has 0 radical (unpaired) electrons. The van der Waals surface area contributed by atoms with Crippen LogP contribution in [0, 0.1) is 0 Å². The van der Waals surface area contributed by atoms with Gasteiger partial charge in [-0.15, -0.1) is 0 Å². The van der Waals surface area contributed by atoms with Gasteiger partial charge < -0.3 is 18.6 Å². The Labute approximate surface area is 138 Å². The molecule has 0 atom stereocenters. The molecule has 0 N–H and O–H groups in total. The topological polar surface area (TPSA) is 92.0 Å². The molecule has 0 aliphatic heterocycles. The van der Waals surface area contributed by atoms with Crippen LogP contribution in [-0.2, 0) is 25.5 Å². The van der Waals surface area contributed by atoms with E-state index in [4.69, 9.17) is 13.9 Å². The van der Waals surface area contributed by atoms with E-state index in [1.54, 1.807) is 18.2 Å². The second kappa shape index (κ2) is 8.14. The highest BCUT2D eigenvalue weighted by Crippen LogP contribution is 2.23. The maximum atomic E-state index is 11.6. The van der Waals surface area contributed by atoms with E-state index in [2.05, 4.69) is 4.74 Å². The van der Waals surface area contributed by atoms with E-state index < -0.39 is 11.6 Å². The van der Waals surface area contributed by atoms with Crippen LogP contribution in [0.5, 0.6) is 5.75 Å². The molecule has 0 bridgehead atoms. The van der Waals surface area contributed by atoms with Crippen molar-refractivity contribution in [2.45, 2.75) is 19.8 Å². The normalized spacial score (nSPS) is 10.4. The number of esters is 2. The van der Waals surface area contributed by atoms with Crippen LogP contribution in [0.1, 0.15) is 18.9 Å². The average molecular weight is 334 g/mol.